The summed E-state index contributed by atoms with van der Waals surface area (Å²) in [6.45, 7) is 1.82. The number of methoxy groups -OCH3 is 1. The van der Waals surface area contributed by atoms with Gasteiger partial charge in [0.15, 0.2) is 0 Å². The molecule has 0 aliphatic heterocycles. The number of aromatic nitrogens is 3. The minimum atomic E-state index is -0.296. The molecule has 0 aliphatic carbocycles. The van der Waals surface area contributed by atoms with Crippen molar-refractivity contribution in [3.8, 4) is 5.75 Å². The van der Waals surface area contributed by atoms with Gasteiger partial charge in [-0.2, -0.15) is 0 Å². The fourth-order valence-electron chi connectivity index (χ4n) is 2.78. The maximum Gasteiger partial charge on any atom is 0.270 e. The molecule has 25 heavy (non-hydrogen) atoms. The molecule has 1 atom stereocenters. The van der Waals surface area contributed by atoms with Crippen LogP contribution in [0, 0.1) is 6.92 Å². The highest BCUT2D eigenvalue weighted by Gasteiger charge is 2.21. The van der Waals surface area contributed by atoms with Crippen molar-refractivity contribution in [2.75, 3.05) is 7.11 Å². The van der Waals surface area contributed by atoms with Gasteiger partial charge >= 0.3 is 0 Å². The number of ether oxygens (including phenoxy) is 1. The topological polar surface area (TPSA) is 69.0 Å². The van der Waals surface area contributed by atoms with Crippen LogP contribution in [0.5, 0.6) is 5.75 Å². The third-order valence-corrected chi connectivity index (χ3v) is 4.10. The largest absolute Gasteiger partial charge is 0.497 e. The molecule has 128 valence electrons. The molecule has 0 spiro atoms. The molecule has 0 saturated heterocycles. The standard InChI is InChI=1S/C19H20N4O2/c1-13-18(23(2)12-21-13)19(24)22-17(15-8-10-20-11-9-15)14-4-6-16(25-3)7-5-14/h4-12,17H,1-3H3,(H,22,24)/t17-/m0/s1. The third kappa shape index (κ3) is 3.52. The molecule has 0 fully saturated rings. The van der Waals surface area contributed by atoms with Crippen molar-refractivity contribution in [3.63, 3.8) is 0 Å². The van der Waals surface area contributed by atoms with E-state index in [1.807, 2.05) is 50.4 Å². The fraction of sp³-hybridized carbons (Fsp3) is 0.211. The van der Waals surface area contributed by atoms with Crippen LogP contribution in [0.1, 0.15) is 33.4 Å². The van der Waals surface area contributed by atoms with Gasteiger partial charge in [0, 0.05) is 19.4 Å². The smallest absolute Gasteiger partial charge is 0.270 e. The molecule has 1 amide bonds. The van der Waals surface area contributed by atoms with Crippen LogP contribution < -0.4 is 10.1 Å². The van der Waals surface area contributed by atoms with E-state index in [1.165, 1.54) is 0 Å². The molecule has 2 heterocycles. The first kappa shape index (κ1) is 16.7. The number of benzene rings is 1. The van der Waals surface area contributed by atoms with Gasteiger partial charge in [0.05, 0.1) is 25.2 Å². The van der Waals surface area contributed by atoms with E-state index in [0.29, 0.717) is 11.4 Å². The maximum absolute atomic E-state index is 12.8. The van der Waals surface area contributed by atoms with Gasteiger partial charge in [-0.25, -0.2) is 4.98 Å². The summed E-state index contributed by atoms with van der Waals surface area (Å²) in [5.74, 6) is 0.598. The van der Waals surface area contributed by atoms with Crippen LogP contribution in [0.25, 0.3) is 0 Å². The molecule has 0 unspecified atom stereocenters. The zero-order valence-corrected chi connectivity index (χ0v) is 14.4. The Morgan fingerprint density at radius 3 is 2.32 bits per heavy atom. The van der Waals surface area contributed by atoms with Gasteiger partial charge in [-0.1, -0.05) is 12.1 Å². The molecule has 0 saturated carbocycles. The highest BCUT2D eigenvalue weighted by Crippen LogP contribution is 2.24. The number of carbonyl (C=O) groups is 1. The number of aryl methyl sites for hydroxylation is 2. The van der Waals surface area contributed by atoms with Crippen LogP contribution in [0.3, 0.4) is 0 Å². The van der Waals surface area contributed by atoms with Crippen molar-refractivity contribution in [3.05, 3.63) is 77.6 Å². The molecule has 6 nitrogen and oxygen atoms in total. The second kappa shape index (κ2) is 7.17. The Morgan fingerprint density at radius 1 is 1.12 bits per heavy atom. The number of carbonyl (C=O) groups excluding carboxylic acids is 1. The summed E-state index contributed by atoms with van der Waals surface area (Å²) in [6, 6.07) is 11.1. The molecule has 3 aromatic rings. The maximum atomic E-state index is 12.8. The Kier molecular flexibility index (Phi) is 4.79. The summed E-state index contributed by atoms with van der Waals surface area (Å²) in [5, 5.41) is 3.10. The fourth-order valence-corrected chi connectivity index (χ4v) is 2.78. The Bertz CT molecular complexity index is 837. The molecule has 0 radical (unpaired) electrons. The summed E-state index contributed by atoms with van der Waals surface area (Å²) < 4.78 is 6.94. The summed E-state index contributed by atoms with van der Waals surface area (Å²) in [6.07, 6.45) is 5.07. The minimum absolute atomic E-state index is 0.171. The number of hydrogen-bond acceptors (Lipinski definition) is 4. The van der Waals surface area contributed by atoms with E-state index in [-0.39, 0.29) is 11.9 Å². The summed E-state index contributed by atoms with van der Waals surface area (Å²) in [4.78, 5) is 21.1. The van der Waals surface area contributed by atoms with E-state index in [1.54, 1.807) is 30.4 Å². The zero-order chi connectivity index (χ0) is 17.8. The number of imidazole rings is 1. The molecule has 2 aromatic heterocycles. The van der Waals surface area contributed by atoms with Gasteiger partial charge in [0.2, 0.25) is 0 Å². The predicted molar refractivity (Wildman–Crippen MR) is 94.5 cm³/mol. The van der Waals surface area contributed by atoms with E-state index in [2.05, 4.69) is 15.3 Å². The molecular formula is C19H20N4O2. The van der Waals surface area contributed by atoms with E-state index >= 15 is 0 Å². The molecule has 0 aliphatic rings. The molecule has 1 N–H and O–H groups in total. The van der Waals surface area contributed by atoms with Crippen molar-refractivity contribution >= 4 is 5.91 Å². The Hall–Kier alpha value is -3.15. The summed E-state index contributed by atoms with van der Waals surface area (Å²) >= 11 is 0. The Balaban J connectivity index is 1.95. The van der Waals surface area contributed by atoms with Gasteiger partial charge < -0.3 is 14.6 Å². The highest BCUT2D eigenvalue weighted by atomic mass is 16.5. The molecule has 1 aromatic carbocycles. The first-order valence-corrected chi connectivity index (χ1v) is 7.93. The van der Waals surface area contributed by atoms with Crippen molar-refractivity contribution < 1.29 is 9.53 Å². The van der Waals surface area contributed by atoms with E-state index < -0.39 is 0 Å². The van der Waals surface area contributed by atoms with Gasteiger partial charge in [-0.3, -0.25) is 9.78 Å². The second-order valence-electron chi connectivity index (χ2n) is 5.75. The first-order chi connectivity index (χ1) is 12.1. The van der Waals surface area contributed by atoms with Gasteiger partial charge in [0.25, 0.3) is 5.91 Å². The monoisotopic (exact) mass is 336 g/mol. The lowest BCUT2D eigenvalue weighted by molar-refractivity contribution is 0.0934. The zero-order valence-electron chi connectivity index (χ0n) is 14.4. The molecule has 3 rings (SSSR count). The van der Waals surface area contributed by atoms with Crippen molar-refractivity contribution in [1.82, 2.24) is 19.9 Å². The predicted octanol–water partition coefficient (Wildman–Crippen LogP) is 2.65. The first-order valence-electron chi connectivity index (χ1n) is 7.93. The lowest BCUT2D eigenvalue weighted by Gasteiger charge is -2.20. The van der Waals surface area contributed by atoms with Crippen LogP contribution >= 0.6 is 0 Å². The van der Waals surface area contributed by atoms with Crippen LogP contribution in [-0.2, 0) is 7.05 Å². The van der Waals surface area contributed by atoms with Gasteiger partial charge in [-0.15, -0.1) is 0 Å². The number of amides is 1. The number of rotatable bonds is 5. The van der Waals surface area contributed by atoms with Crippen LogP contribution in [0.2, 0.25) is 0 Å². The number of nitrogens with zero attached hydrogens (tertiary/aromatic N) is 3. The van der Waals surface area contributed by atoms with Crippen LogP contribution in [0.4, 0.5) is 0 Å². The number of pyridine rings is 1. The SMILES string of the molecule is COc1ccc([C@H](NC(=O)c2c(C)ncn2C)c2ccncc2)cc1. The van der Waals surface area contributed by atoms with Gasteiger partial charge in [-0.05, 0) is 42.3 Å². The minimum Gasteiger partial charge on any atom is -0.497 e. The van der Waals surface area contributed by atoms with Crippen LogP contribution in [-0.4, -0.2) is 27.6 Å². The van der Waals surface area contributed by atoms with Crippen molar-refractivity contribution in [2.45, 2.75) is 13.0 Å². The van der Waals surface area contributed by atoms with Crippen LogP contribution in [0.15, 0.2) is 55.1 Å². The average molecular weight is 336 g/mol. The number of nitrogens with one attached hydrogen (secondary N) is 1. The van der Waals surface area contributed by atoms with E-state index in [0.717, 1.165) is 16.9 Å². The average Bonchev–Trinajstić information content (AvgIpc) is 2.99. The van der Waals surface area contributed by atoms with Gasteiger partial charge in [0.1, 0.15) is 11.4 Å². The second-order valence-corrected chi connectivity index (χ2v) is 5.75. The third-order valence-electron chi connectivity index (χ3n) is 4.10. The molecular weight excluding hydrogens is 316 g/mol. The highest BCUT2D eigenvalue weighted by molar-refractivity contribution is 5.94. The normalized spacial score (nSPS) is 11.8. The van der Waals surface area contributed by atoms with Crippen molar-refractivity contribution in [1.29, 1.82) is 0 Å². The lowest BCUT2D eigenvalue weighted by atomic mass is 9.99. The van der Waals surface area contributed by atoms with E-state index in [4.69, 9.17) is 4.74 Å². The summed E-state index contributed by atoms with van der Waals surface area (Å²) in [7, 11) is 3.44. The summed E-state index contributed by atoms with van der Waals surface area (Å²) in [5.41, 5.74) is 3.16. The molecule has 0 bridgehead atoms. The van der Waals surface area contributed by atoms with Crippen molar-refractivity contribution in [2.24, 2.45) is 7.05 Å². The Morgan fingerprint density at radius 2 is 1.76 bits per heavy atom. The van der Waals surface area contributed by atoms with E-state index in [9.17, 15) is 4.79 Å². The Labute approximate surface area is 146 Å². The lowest BCUT2D eigenvalue weighted by Crippen LogP contribution is -2.31. The molecule has 6 heteroatoms. The number of hydrogen-bond donors (Lipinski definition) is 1. The quantitative estimate of drug-likeness (QED) is 0.778.